The maximum absolute atomic E-state index is 13.7. The van der Waals surface area contributed by atoms with Crippen molar-refractivity contribution in [2.45, 2.75) is 13.8 Å². The molecule has 1 aliphatic rings. The summed E-state index contributed by atoms with van der Waals surface area (Å²) in [5.41, 5.74) is 4.72. The normalized spacial score (nSPS) is 13.9. The van der Waals surface area contributed by atoms with Crippen LogP contribution in [0.4, 0.5) is 11.4 Å². The van der Waals surface area contributed by atoms with E-state index in [0.29, 0.717) is 22.5 Å². The molecule has 4 nitrogen and oxygen atoms in total. The first kappa shape index (κ1) is 19.8. The van der Waals surface area contributed by atoms with Crippen molar-refractivity contribution in [1.82, 2.24) is 0 Å². The van der Waals surface area contributed by atoms with E-state index < -0.39 is 0 Å². The lowest BCUT2D eigenvalue weighted by molar-refractivity contribution is -0.120. The van der Waals surface area contributed by atoms with E-state index in [2.05, 4.69) is 5.32 Å². The largest absolute Gasteiger partial charge is 0.350 e. The number of aryl methyl sites for hydroxylation is 1. The molecule has 4 aromatic rings. The number of hydrogen-bond acceptors (Lipinski definition) is 3. The van der Waals surface area contributed by atoms with Crippen molar-refractivity contribution in [2.24, 2.45) is 0 Å². The zero-order valence-electron chi connectivity index (χ0n) is 17.9. The number of hydrogen-bond donors (Lipinski definition) is 1. The number of imide groups is 1. The minimum Gasteiger partial charge on any atom is -0.350 e. The van der Waals surface area contributed by atoms with Crippen LogP contribution < -0.4 is 10.2 Å². The molecule has 0 spiro atoms. The van der Waals surface area contributed by atoms with Crippen molar-refractivity contribution in [2.75, 3.05) is 10.2 Å². The first-order chi connectivity index (χ1) is 15.6. The van der Waals surface area contributed by atoms with Gasteiger partial charge in [0.05, 0.1) is 11.3 Å². The summed E-state index contributed by atoms with van der Waals surface area (Å²) in [6.45, 7) is 3.91. The monoisotopic (exact) mass is 418 g/mol. The Labute approximate surface area is 186 Å². The van der Waals surface area contributed by atoms with Gasteiger partial charge in [-0.1, -0.05) is 78.9 Å². The highest BCUT2D eigenvalue weighted by atomic mass is 16.2. The fourth-order valence-corrected chi connectivity index (χ4v) is 4.18. The quantitative estimate of drug-likeness (QED) is 0.423. The molecule has 1 N–H and O–H groups in total. The Balaban J connectivity index is 1.68. The Kier molecular flexibility index (Phi) is 4.83. The summed E-state index contributed by atoms with van der Waals surface area (Å²) in [5, 5.41) is 5.36. The maximum Gasteiger partial charge on any atom is 0.282 e. The van der Waals surface area contributed by atoms with Crippen molar-refractivity contribution in [1.29, 1.82) is 0 Å². The van der Waals surface area contributed by atoms with E-state index in [1.165, 1.54) is 4.90 Å². The zero-order chi connectivity index (χ0) is 22.2. The molecule has 1 heterocycles. The second-order valence-corrected chi connectivity index (χ2v) is 7.93. The lowest BCUT2D eigenvalue weighted by Crippen LogP contribution is -2.33. The Morgan fingerprint density at radius 2 is 1.38 bits per heavy atom. The molecule has 1 aliphatic heterocycles. The Bertz CT molecular complexity index is 1400. The van der Waals surface area contributed by atoms with E-state index in [1.807, 2.05) is 105 Å². The second kappa shape index (κ2) is 7.82. The number of carbonyl (C=O) groups excluding carboxylic acids is 2. The lowest BCUT2D eigenvalue weighted by Gasteiger charge is -2.19. The van der Waals surface area contributed by atoms with Crippen LogP contribution >= 0.6 is 0 Å². The fraction of sp³-hybridized carbons (Fsp3) is 0.0714. The summed E-state index contributed by atoms with van der Waals surface area (Å²) in [5.74, 6) is -0.673. The molecule has 0 atom stereocenters. The van der Waals surface area contributed by atoms with Crippen molar-refractivity contribution in [3.63, 3.8) is 0 Å². The SMILES string of the molecule is Cc1cccc(N2C(=O)C(Nc3cccc4ccccc34)=C(c3ccccc3)C2=O)c1C. The Morgan fingerprint density at radius 3 is 2.19 bits per heavy atom. The molecule has 0 saturated heterocycles. The summed E-state index contributed by atoms with van der Waals surface area (Å²) in [6, 6.07) is 28.9. The predicted octanol–water partition coefficient (Wildman–Crippen LogP) is 5.85. The molecule has 0 aromatic heterocycles. The van der Waals surface area contributed by atoms with Gasteiger partial charge in [0.2, 0.25) is 0 Å². The predicted molar refractivity (Wildman–Crippen MR) is 129 cm³/mol. The van der Waals surface area contributed by atoms with Gasteiger partial charge in [-0.2, -0.15) is 0 Å². The van der Waals surface area contributed by atoms with Gasteiger partial charge < -0.3 is 5.32 Å². The van der Waals surface area contributed by atoms with Gasteiger partial charge in [0, 0.05) is 11.1 Å². The van der Waals surface area contributed by atoms with Crippen molar-refractivity contribution >= 4 is 39.5 Å². The van der Waals surface area contributed by atoms with Crippen LogP contribution in [0.5, 0.6) is 0 Å². The summed E-state index contributed by atoms with van der Waals surface area (Å²) >= 11 is 0. The molecule has 2 amide bonds. The van der Waals surface area contributed by atoms with Crippen LogP contribution in [0.15, 0.2) is 96.7 Å². The third-order valence-electron chi connectivity index (χ3n) is 6.01. The summed E-state index contributed by atoms with van der Waals surface area (Å²) in [7, 11) is 0. The fourth-order valence-electron chi connectivity index (χ4n) is 4.18. The molecule has 32 heavy (non-hydrogen) atoms. The molecule has 156 valence electrons. The van der Waals surface area contributed by atoms with Gasteiger partial charge >= 0.3 is 0 Å². The number of nitrogens with zero attached hydrogens (tertiary/aromatic N) is 1. The Hall–Kier alpha value is -4.18. The summed E-state index contributed by atoms with van der Waals surface area (Å²) < 4.78 is 0. The second-order valence-electron chi connectivity index (χ2n) is 7.93. The van der Waals surface area contributed by atoms with Gasteiger partial charge in [-0.05, 0) is 48.1 Å². The van der Waals surface area contributed by atoms with Crippen LogP contribution in [0.2, 0.25) is 0 Å². The van der Waals surface area contributed by atoms with Crippen molar-refractivity contribution < 1.29 is 9.59 Å². The first-order valence-corrected chi connectivity index (χ1v) is 10.6. The number of rotatable bonds is 4. The average Bonchev–Trinajstić information content (AvgIpc) is 3.06. The number of fused-ring (bicyclic) bond motifs is 1. The molecule has 0 radical (unpaired) electrons. The molecule has 4 heteroatoms. The highest BCUT2D eigenvalue weighted by Crippen LogP contribution is 2.36. The standard InChI is InChI=1S/C28H22N2O2/c1-18-10-8-17-24(19(18)2)30-27(31)25(21-12-4-3-5-13-21)26(28(30)32)29-23-16-9-14-20-11-6-7-15-22(20)23/h3-17,29H,1-2H3. The van der Waals surface area contributed by atoms with Crippen LogP contribution in [0.25, 0.3) is 16.3 Å². The first-order valence-electron chi connectivity index (χ1n) is 10.6. The topological polar surface area (TPSA) is 49.4 Å². The third kappa shape index (κ3) is 3.17. The summed E-state index contributed by atoms with van der Waals surface area (Å²) in [4.78, 5) is 28.6. The average molecular weight is 418 g/mol. The van der Waals surface area contributed by atoms with Crippen molar-refractivity contribution in [3.8, 4) is 0 Å². The van der Waals surface area contributed by atoms with Crippen LogP contribution in [0, 0.1) is 13.8 Å². The van der Waals surface area contributed by atoms with E-state index in [1.54, 1.807) is 0 Å². The molecular weight excluding hydrogens is 396 g/mol. The van der Waals surface area contributed by atoms with E-state index in [-0.39, 0.29) is 11.8 Å². The number of benzene rings is 4. The highest BCUT2D eigenvalue weighted by Gasteiger charge is 2.41. The van der Waals surface area contributed by atoms with Gasteiger partial charge in [-0.25, -0.2) is 4.90 Å². The number of amides is 2. The molecule has 0 unspecified atom stereocenters. The molecule has 0 bridgehead atoms. The minimum atomic E-state index is -0.351. The highest BCUT2D eigenvalue weighted by molar-refractivity contribution is 6.46. The molecular formula is C28H22N2O2. The van der Waals surface area contributed by atoms with Crippen LogP contribution in [-0.4, -0.2) is 11.8 Å². The van der Waals surface area contributed by atoms with Crippen LogP contribution in [0.1, 0.15) is 16.7 Å². The zero-order valence-corrected chi connectivity index (χ0v) is 17.9. The van der Waals surface area contributed by atoms with Crippen LogP contribution in [-0.2, 0) is 9.59 Å². The van der Waals surface area contributed by atoms with Gasteiger partial charge in [0.1, 0.15) is 5.70 Å². The minimum absolute atomic E-state index is 0.290. The van der Waals surface area contributed by atoms with Gasteiger partial charge in [-0.3, -0.25) is 9.59 Å². The van der Waals surface area contributed by atoms with E-state index in [9.17, 15) is 9.59 Å². The Morgan fingerprint density at radius 1 is 0.688 bits per heavy atom. The van der Waals surface area contributed by atoms with Gasteiger partial charge in [0.25, 0.3) is 11.8 Å². The molecule has 4 aromatic carbocycles. The van der Waals surface area contributed by atoms with Gasteiger partial charge in [0.15, 0.2) is 0 Å². The number of nitrogens with one attached hydrogen (secondary N) is 1. The molecule has 5 rings (SSSR count). The van der Waals surface area contributed by atoms with Crippen molar-refractivity contribution in [3.05, 3.63) is 113 Å². The van der Waals surface area contributed by atoms with E-state index in [4.69, 9.17) is 0 Å². The third-order valence-corrected chi connectivity index (χ3v) is 6.01. The lowest BCUT2D eigenvalue weighted by atomic mass is 10.0. The molecule has 0 aliphatic carbocycles. The van der Waals surface area contributed by atoms with E-state index >= 15 is 0 Å². The van der Waals surface area contributed by atoms with Gasteiger partial charge in [-0.15, -0.1) is 0 Å². The molecule has 0 saturated carbocycles. The molecule has 0 fully saturated rings. The summed E-state index contributed by atoms with van der Waals surface area (Å²) in [6.07, 6.45) is 0. The maximum atomic E-state index is 13.7. The number of carbonyl (C=O) groups is 2. The number of anilines is 2. The van der Waals surface area contributed by atoms with E-state index in [0.717, 1.165) is 27.6 Å². The smallest absolute Gasteiger partial charge is 0.282 e. The van der Waals surface area contributed by atoms with Crippen LogP contribution in [0.3, 0.4) is 0 Å².